The summed E-state index contributed by atoms with van der Waals surface area (Å²) in [6.45, 7) is 5.36. The summed E-state index contributed by atoms with van der Waals surface area (Å²) in [7, 11) is 0. The minimum absolute atomic E-state index is 0.138. The van der Waals surface area contributed by atoms with Gasteiger partial charge < -0.3 is 0 Å². The number of fused-ring (bicyclic) bond motifs is 5. The fraction of sp³-hybridized carbons (Fsp3) is 0.333. The number of nitro benzene ring substituents is 1. The summed E-state index contributed by atoms with van der Waals surface area (Å²) in [5.74, 6) is -2.76. The smallest absolute Gasteiger partial charge is 0.269 e. The number of carbonyl (C=O) groups excluding carboxylic acids is 3. The van der Waals surface area contributed by atoms with E-state index in [2.05, 4.69) is 5.10 Å². The number of hydrogen-bond acceptors (Lipinski definition) is 7. The number of ketones is 1. The average Bonchev–Trinajstić information content (AvgIpc) is 3.25. The maximum atomic E-state index is 13.7. The van der Waals surface area contributed by atoms with Crippen LogP contribution in [0.1, 0.15) is 37.9 Å². The van der Waals surface area contributed by atoms with E-state index in [9.17, 15) is 24.5 Å². The van der Waals surface area contributed by atoms with Gasteiger partial charge in [-0.3, -0.25) is 29.5 Å². The van der Waals surface area contributed by atoms with E-state index in [0.29, 0.717) is 0 Å². The van der Waals surface area contributed by atoms with Gasteiger partial charge in [0.15, 0.2) is 5.78 Å². The van der Waals surface area contributed by atoms with E-state index in [-0.39, 0.29) is 17.2 Å². The van der Waals surface area contributed by atoms with Crippen molar-refractivity contribution in [1.29, 1.82) is 0 Å². The van der Waals surface area contributed by atoms with Crippen molar-refractivity contribution < 1.29 is 19.3 Å². The predicted octanol–water partition coefficient (Wildman–Crippen LogP) is 3.09. The van der Waals surface area contributed by atoms with Gasteiger partial charge in [0.05, 0.1) is 34.7 Å². The van der Waals surface area contributed by atoms with E-state index in [1.54, 1.807) is 32.0 Å². The van der Waals surface area contributed by atoms with Crippen LogP contribution in [0.15, 0.2) is 53.6 Å². The van der Waals surface area contributed by atoms with Gasteiger partial charge in [0.25, 0.3) is 5.69 Å². The van der Waals surface area contributed by atoms with Crippen LogP contribution in [0.25, 0.3) is 0 Å². The number of nitrogens with zero attached hydrogens (tertiary/aromatic N) is 4. The molecule has 5 rings (SSSR count). The van der Waals surface area contributed by atoms with Gasteiger partial charge in [-0.15, -0.1) is 0 Å². The standard InChI is InChI=1S/C24H22N4O5/c1-24(2,3)21(29)20-18-17(19-16-7-5-4-6-13(16)12-25-27(19)20)22(30)26(23(18)31)14-8-10-15(11-9-14)28(32)33/h4-12,17-20H,1-3H3/t17-,18+,19+,20-/m0/s1. The summed E-state index contributed by atoms with van der Waals surface area (Å²) >= 11 is 0. The Morgan fingerprint density at radius 1 is 1.00 bits per heavy atom. The van der Waals surface area contributed by atoms with Crippen molar-refractivity contribution >= 4 is 35.2 Å². The molecule has 3 heterocycles. The molecule has 2 fully saturated rings. The number of benzene rings is 2. The Bertz CT molecular complexity index is 1230. The molecule has 2 amide bonds. The first kappa shape index (κ1) is 21.0. The second-order valence-electron chi connectivity index (χ2n) is 9.59. The molecule has 0 N–H and O–H groups in total. The van der Waals surface area contributed by atoms with Crippen LogP contribution in [0.3, 0.4) is 0 Å². The first-order chi connectivity index (χ1) is 15.6. The van der Waals surface area contributed by atoms with Crippen LogP contribution in [0, 0.1) is 27.4 Å². The summed E-state index contributed by atoms with van der Waals surface area (Å²) in [5, 5.41) is 17.2. The highest BCUT2D eigenvalue weighted by Gasteiger charge is 2.66. The van der Waals surface area contributed by atoms with Gasteiger partial charge in [0.2, 0.25) is 11.8 Å². The van der Waals surface area contributed by atoms with E-state index >= 15 is 0 Å². The van der Waals surface area contributed by atoms with Gasteiger partial charge in [0.1, 0.15) is 6.04 Å². The van der Waals surface area contributed by atoms with Crippen LogP contribution in [0.2, 0.25) is 0 Å². The lowest BCUT2D eigenvalue weighted by atomic mass is 9.79. The lowest BCUT2D eigenvalue weighted by molar-refractivity contribution is -0.384. The fourth-order valence-electron chi connectivity index (χ4n) is 5.09. The molecular weight excluding hydrogens is 424 g/mol. The third-order valence-corrected chi connectivity index (χ3v) is 6.62. The SMILES string of the molecule is CC(C)(C)C(=O)[C@@H]1[C@@H]2C(=O)N(c3ccc([N+](=O)[O-])cc3)C(=O)[C@@H]2[C@H]2c3ccccc3C=NN12. The number of carbonyl (C=O) groups is 3. The Morgan fingerprint density at radius 3 is 2.27 bits per heavy atom. The molecule has 0 spiro atoms. The van der Waals surface area contributed by atoms with Crippen LogP contribution in [0.5, 0.6) is 0 Å². The molecule has 0 aromatic heterocycles. The van der Waals surface area contributed by atoms with Gasteiger partial charge >= 0.3 is 0 Å². The first-order valence-electron chi connectivity index (χ1n) is 10.7. The zero-order chi connectivity index (χ0) is 23.7. The number of rotatable bonds is 3. The van der Waals surface area contributed by atoms with Crippen molar-refractivity contribution in [2.24, 2.45) is 22.4 Å². The average molecular weight is 446 g/mol. The third-order valence-electron chi connectivity index (χ3n) is 6.62. The van der Waals surface area contributed by atoms with Crippen molar-refractivity contribution in [2.45, 2.75) is 32.9 Å². The summed E-state index contributed by atoms with van der Waals surface area (Å²) < 4.78 is 0. The van der Waals surface area contributed by atoms with Crippen molar-refractivity contribution in [3.8, 4) is 0 Å². The van der Waals surface area contributed by atoms with Crippen LogP contribution < -0.4 is 4.90 Å². The fourth-order valence-corrected chi connectivity index (χ4v) is 5.09. The molecular formula is C24H22N4O5. The van der Waals surface area contributed by atoms with Gasteiger partial charge in [-0.25, -0.2) is 4.90 Å². The number of hydrogen-bond donors (Lipinski definition) is 0. The van der Waals surface area contributed by atoms with Crippen LogP contribution in [-0.2, 0) is 14.4 Å². The summed E-state index contributed by atoms with van der Waals surface area (Å²) in [5.41, 5.74) is 1.06. The molecule has 0 radical (unpaired) electrons. The molecule has 33 heavy (non-hydrogen) atoms. The zero-order valence-electron chi connectivity index (χ0n) is 18.3. The Labute approximate surface area is 189 Å². The second-order valence-corrected chi connectivity index (χ2v) is 9.59. The minimum Gasteiger partial charge on any atom is -0.297 e. The van der Waals surface area contributed by atoms with Crippen LogP contribution in [-0.4, -0.2) is 39.8 Å². The maximum absolute atomic E-state index is 13.7. The molecule has 0 saturated carbocycles. The molecule has 3 aliphatic rings. The van der Waals surface area contributed by atoms with Crippen molar-refractivity contribution in [1.82, 2.24) is 5.01 Å². The highest BCUT2D eigenvalue weighted by Crippen LogP contribution is 2.53. The van der Waals surface area contributed by atoms with Crippen molar-refractivity contribution in [2.75, 3.05) is 4.90 Å². The van der Waals surface area contributed by atoms with Crippen molar-refractivity contribution in [3.63, 3.8) is 0 Å². The molecule has 2 saturated heterocycles. The number of non-ortho nitro benzene ring substituents is 1. The largest absolute Gasteiger partial charge is 0.297 e. The van der Waals surface area contributed by atoms with Crippen LogP contribution >= 0.6 is 0 Å². The quantitative estimate of drug-likeness (QED) is 0.407. The third kappa shape index (κ3) is 2.99. The lowest BCUT2D eigenvalue weighted by Gasteiger charge is -2.35. The molecule has 168 valence electrons. The predicted molar refractivity (Wildman–Crippen MR) is 119 cm³/mol. The number of hydrazone groups is 1. The normalized spacial score (nSPS) is 25.7. The zero-order valence-corrected chi connectivity index (χ0v) is 18.3. The number of anilines is 1. The first-order valence-corrected chi connectivity index (χ1v) is 10.7. The van der Waals surface area contributed by atoms with E-state index in [0.717, 1.165) is 16.0 Å². The molecule has 9 nitrogen and oxygen atoms in total. The van der Waals surface area contributed by atoms with E-state index in [4.69, 9.17) is 0 Å². The highest BCUT2D eigenvalue weighted by molar-refractivity contribution is 6.24. The Balaban J connectivity index is 1.63. The lowest BCUT2D eigenvalue weighted by Crippen LogP contribution is -2.48. The second kappa shape index (κ2) is 7.06. The molecule has 2 aromatic carbocycles. The van der Waals surface area contributed by atoms with Gasteiger partial charge in [-0.2, -0.15) is 5.10 Å². The number of imide groups is 1. The molecule has 4 atom stereocenters. The monoisotopic (exact) mass is 446 g/mol. The molecule has 9 heteroatoms. The van der Waals surface area contributed by atoms with Gasteiger partial charge in [0, 0.05) is 17.5 Å². The number of Topliss-reactive ketones (excluding diaryl/α,β-unsaturated/α-hetero) is 1. The maximum Gasteiger partial charge on any atom is 0.269 e. The Hall–Kier alpha value is -3.88. The number of nitro groups is 1. The van der Waals surface area contributed by atoms with Crippen LogP contribution in [0.4, 0.5) is 11.4 Å². The molecule has 0 bridgehead atoms. The Morgan fingerprint density at radius 2 is 1.64 bits per heavy atom. The number of amides is 2. The summed E-state index contributed by atoms with van der Waals surface area (Å²) in [6, 6.07) is 11.4. The van der Waals surface area contributed by atoms with Gasteiger partial charge in [-0.05, 0) is 23.3 Å². The van der Waals surface area contributed by atoms with E-state index < -0.39 is 46.1 Å². The molecule has 0 aliphatic carbocycles. The minimum atomic E-state index is -0.896. The molecule has 3 aliphatic heterocycles. The summed E-state index contributed by atoms with van der Waals surface area (Å²) in [6.07, 6.45) is 1.67. The van der Waals surface area contributed by atoms with E-state index in [1.807, 2.05) is 24.3 Å². The molecule has 2 aromatic rings. The van der Waals surface area contributed by atoms with E-state index in [1.165, 1.54) is 24.3 Å². The highest BCUT2D eigenvalue weighted by atomic mass is 16.6. The van der Waals surface area contributed by atoms with Gasteiger partial charge in [-0.1, -0.05) is 45.0 Å². The molecule has 0 unspecified atom stereocenters. The summed E-state index contributed by atoms with van der Waals surface area (Å²) in [4.78, 5) is 52.4. The topological polar surface area (TPSA) is 113 Å². The van der Waals surface area contributed by atoms with Crippen molar-refractivity contribution in [3.05, 3.63) is 69.8 Å². The Kier molecular flexibility index (Phi) is 4.49.